The molecule has 0 fully saturated rings. The normalized spacial score (nSPS) is 12.7. The summed E-state index contributed by atoms with van der Waals surface area (Å²) in [6.45, 7) is 6.80. The van der Waals surface area contributed by atoms with Gasteiger partial charge in [0.1, 0.15) is 0 Å². The minimum absolute atomic E-state index is 0.196. The van der Waals surface area contributed by atoms with E-state index in [4.69, 9.17) is 0 Å². The molecule has 88 valence electrons. The van der Waals surface area contributed by atoms with Crippen LogP contribution >= 0.6 is 11.3 Å². The third-order valence-electron chi connectivity index (χ3n) is 3.39. The molecule has 0 aliphatic rings. The van der Waals surface area contributed by atoms with E-state index in [0.717, 1.165) is 0 Å². The van der Waals surface area contributed by atoms with Gasteiger partial charge >= 0.3 is 0 Å². The SMILES string of the molecule is Cn1c(C(C)(C)C)cc2cc3ccsc3cc21. The van der Waals surface area contributed by atoms with E-state index < -0.39 is 0 Å². The number of rotatable bonds is 0. The molecule has 0 saturated carbocycles. The Morgan fingerprint density at radius 3 is 2.53 bits per heavy atom. The summed E-state index contributed by atoms with van der Waals surface area (Å²) in [5, 5.41) is 4.87. The van der Waals surface area contributed by atoms with Gasteiger partial charge in [-0.15, -0.1) is 11.3 Å². The molecule has 0 spiro atoms. The lowest BCUT2D eigenvalue weighted by Gasteiger charge is -2.19. The Balaban J connectivity index is 2.39. The number of thiophene rings is 1. The molecule has 0 N–H and O–H groups in total. The summed E-state index contributed by atoms with van der Waals surface area (Å²) in [6.07, 6.45) is 0. The summed E-state index contributed by atoms with van der Waals surface area (Å²) in [5.74, 6) is 0. The second-order valence-corrected chi connectivity index (χ2v) is 6.66. The van der Waals surface area contributed by atoms with Crippen molar-refractivity contribution in [3.63, 3.8) is 0 Å². The Morgan fingerprint density at radius 1 is 1.06 bits per heavy atom. The van der Waals surface area contributed by atoms with E-state index in [1.54, 1.807) is 0 Å². The van der Waals surface area contributed by atoms with Crippen LogP contribution in [-0.4, -0.2) is 4.57 Å². The predicted molar refractivity (Wildman–Crippen MR) is 77.0 cm³/mol. The maximum absolute atomic E-state index is 2.33. The number of benzene rings is 1. The summed E-state index contributed by atoms with van der Waals surface area (Å²) in [7, 11) is 2.17. The van der Waals surface area contributed by atoms with Crippen molar-refractivity contribution in [3.05, 3.63) is 35.3 Å². The van der Waals surface area contributed by atoms with Crippen LogP contribution in [0.4, 0.5) is 0 Å². The van der Waals surface area contributed by atoms with Crippen LogP contribution in [0.25, 0.3) is 21.0 Å². The summed E-state index contributed by atoms with van der Waals surface area (Å²) in [5.41, 5.74) is 2.93. The zero-order valence-electron chi connectivity index (χ0n) is 10.7. The van der Waals surface area contributed by atoms with E-state index >= 15 is 0 Å². The quantitative estimate of drug-likeness (QED) is 0.540. The highest BCUT2D eigenvalue weighted by Gasteiger charge is 2.19. The largest absolute Gasteiger partial charge is 0.347 e. The van der Waals surface area contributed by atoms with Gasteiger partial charge in [-0.25, -0.2) is 0 Å². The van der Waals surface area contributed by atoms with Crippen molar-refractivity contribution in [3.8, 4) is 0 Å². The molecule has 0 amide bonds. The van der Waals surface area contributed by atoms with E-state index in [-0.39, 0.29) is 5.41 Å². The number of hydrogen-bond donors (Lipinski definition) is 0. The molecule has 17 heavy (non-hydrogen) atoms. The molecule has 2 heteroatoms. The Bertz CT molecular complexity index is 695. The first-order valence-electron chi connectivity index (χ1n) is 5.94. The highest BCUT2D eigenvalue weighted by atomic mass is 32.1. The monoisotopic (exact) mass is 243 g/mol. The van der Waals surface area contributed by atoms with Crippen LogP contribution in [0.5, 0.6) is 0 Å². The van der Waals surface area contributed by atoms with Gasteiger partial charge in [-0.3, -0.25) is 0 Å². The van der Waals surface area contributed by atoms with Gasteiger partial charge in [0, 0.05) is 33.8 Å². The number of aromatic nitrogens is 1. The van der Waals surface area contributed by atoms with Crippen molar-refractivity contribution >= 4 is 32.3 Å². The highest BCUT2D eigenvalue weighted by Crippen LogP contribution is 2.32. The fourth-order valence-corrected chi connectivity index (χ4v) is 3.32. The summed E-state index contributed by atoms with van der Waals surface area (Å²) in [4.78, 5) is 0. The number of nitrogens with zero attached hydrogens (tertiary/aromatic N) is 1. The van der Waals surface area contributed by atoms with Crippen molar-refractivity contribution in [1.82, 2.24) is 4.57 Å². The lowest BCUT2D eigenvalue weighted by molar-refractivity contribution is 0.547. The molecule has 0 atom stereocenters. The van der Waals surface area contributed by atoms with Crippen molar-refractivity contribution in [2.75, 3.05) is 0 Å². The first kappa shape index (κ1) is 10.8. The maximum Gasteiger partial charge on any atom is 0.0494 e. The van der Waals surface area contributed by atoms with E-state index in [0.29, 0.717) is 0 Å². The molecule has 0 aliphatic carbocycles. The highest BCUT2D eigenvalue weighted by molar-refractivity contribution is 7.17. The second-order valence-electron chi connectivity index (χ2n) is 5.71. The zero-order chi connectivity index (χ0) is 12.2. The molecule has 0 aliphatic heterocycles. The zero-order valence-corrected chi connectivity index (χ0v) is 11.6. The van der Waals surface area contributed by atoms with Gasteiger partial charge in [0.05, 0.1) is 0 Å². The summed E-state index contributed by atoms with van der Waals surface area (Å²) < 4.78 is 3.70. The first-order chi connectivity index (χ1) is 7.97. The fourth-order valence-electron chi connectivity index (χ4n) is 2.52. The van der Waals surface area contributed by atoms with E-state index in [1.165, 1.54) is 26.7 Å². The Morgan fingerprint density at radius 2 is 1.82 bits per heavy atom. The topological polar surface area (TPSA) is 4.93 Å². The van der Waals surface area contributed by atoms with Crippen molar-refractivity contribution in [2.45, 2.75) is 26.2 Å². The molecule has 0 saturated heterocycles. The molecule has 2 aromatic heterocycles. The van der Waals surface area contributed by atoms with E-state index in [1.807, 2.05) is 11.3 Å². The van der Waals surface area contributed by atoms with Gasteiger partial charge in [0.15, 0.2) is 0 Å². The summed E-state index contributed by atoms with van der Waals surface area (Å²) >= 11 is 1.81. The predicted octanol–water partition coefficient (Wildman–Crippen LogP) is 4.69. The van der Waals surface area contributed by atoms with Crippen LogP contribution in [0.3, 0.4) is 0 Å². The molecule has 1 aromatic carbocycles. The average Bonchev–Trinajstić information content (AvgIpc) is 2.79. The standard InChI is InChI=1S/C15H17NS/c1-15(2,3)14-8-11-7-10-5-6-17-13(10)9-12(11)16(14)4/h5-9H,1-4H3. The number of fused-ring (bicyclic) bond motifs is 2. The third kappa shape index (κ3) is 1.59. The number of aryl methyl sites for hydroxylation is 1. The van der Waals surface area contributed by atoms with Gasteiger partial charge in [0.25, 0.3) is 0 Å². The van der Waals surface area contributed by atoms with Gasteiger partial charge in [-0.2, -0.15) is 0 Å². The third-order valence-corrected chi connectivity index (χ3v) is 4.26. The van der Waals surface area contributed by atoms with Gasteiger partial charge in [0.2, 0.25) is 0 Å². The first-order valence-corrected chi connectivity index (χ1v) is 6.82. The van der Waals surface area contributed by atoms with Gasteiger partial charge < -0.3 is 4.57 Å². The summed E-state index contributed by atoms with van der Waals surface area (Å²) in [6, 6.07) is 9.14. The van der Waals surface area contributed by atoms with Crippen LogP contribution in [-0.2, 0) is 12.5 Å². The smallest absolute Gasteiger partial charge is 0.0494 e. The molecule has 0 unspecified atom stereocenters. The molecular weight excluding hydrogens is 226 g/mol. The molecule has 3 aromatic rings. The fraction of sp³-hybridized carbons (Fsp3) is 0.333. The number of hydrogen-bond acceptors (Lipinski definition) is 1. The van der Waals surface area contributed by atoms with Crippen LogP contribution in [0.2, 0.25) is 0 Å². The average molecular weight is 243 g/mol. The van der Waals surface area contributed by atoms with Crippen LogP contribution in [0.1, 0.15) is 26.5 Å². The Labute approximate surface area is 106 Å². The Kier molecular flexibility index (Phi) is 2.14. The van der Waals surface area contributed by atoms with E-state index in [2.05, 4.69) is 62.0 Å². The minimum Gasteiger partial charge on any atom is -0.347 e. The van der Waals surface area contributed by atoms with Crippen molar-refractivity contribution < 1.29 is 0 Å². The molecule has 2 heterocycles. The van der Waals surface area contributed by atoms with Crippen LogP contribution in [0, 0.1) is 0 Å². The van der Waals surface area contributed by atoms with Crippen LogP contribution in [0.15, 0.2) is 29.6 Å². The van der Waals surface area contributed by atoms with Gasteiger partial charge in [-0.05, 0) is 35.0 Å². The molecular formula is C15H17NS. The molecule has 0 radical (unpaired) electrons. The maximum atomic E-state index is 2.33. The lowest BCUT2D eigenvalue weighted by Crippen LogP contribution is -2.15. The lowest BCUT2D eigenvalue weighted by atomic mass is 9.92. The van der Waals surface area contributed by atoms with Crippen molar-refractivity contribution in [2.24, 2.45) is 7.05 Å². The Hall–Kier alpha value is -1.28. The van der Waals surface area contributed by atoms with Gasteiger partial charge in [-0.1, -0.05) is 20.8 Å². The van der Waals surface area contributed by atoms with Crippen molar-refractivity contribution in [1.29, 1.82) is 0 Å². The second kappa shape index (κ2) is 3.36. The molecule has 3 rings (SSSR count). The minimum atomic E-state index is 0.196. The molecule has 1 nitrogen and oxygen atoms in total. The van der Waals surface area contributed by atoms with Crippen LogP contribution < -0.4 is 0 Å². The molecule has 0 bridgehead atoms. The van der Waals surface area contributed by atoms with E-state index in [9.17, 15) is 0 Å².